The Bertz CT molecular complexity index is 964. The molecule has 1 unspecified atom stereocenters. The van der Waals surface area contributed by atoms with Gasteiger partial charge in [0.1, 0.15) is 6.61 Å². The molecule has 0 amide bonds. The first-order valence-corrected chi connectivity index (χ1v) is 10.2. The summed E-state index contributed by atoms with van der Waals surface area (Å²) >= 11 is 2.25. The summed E-state index contributed by atoms with van der Waals surface area (Å²) in [4.78, 5) is 4.19. The first-order chi connectivity index (χ1) is 14.0. The zero-order valence-corrected chi connectivity index (χ0v) is 18.8. The molecule has 6 nitrogen and oxygen atoms in total. The van der Waals surface area contributed by atoms with E-state index in [-0.39, 0.29) is 6.04 Å². The van der Waals surface area contributed by atoms with Gasteiger partial charge in [-0.05, 0) is 71.5 Å². The molecule has 7 heteroatoms. The van der Waals surface area contributed by atoms with Crippen LogP contribution >= 0.6 is 22.6 Å². The third-order valence-electron chi connectivity index (χ3n) is 4.47. The van der Waals surface area contributed by atoms with Gasteiger partial charge in [0.2, 0.25) is 5.88 Å². The van der Waals surface area contributed by atoms with Crippen LogP contribution in [0.1, 0.15) is 24.1 Å². The fourth-order valence-electron chi connectivity index (χ4n) is 2.83. The van der Waals surface area contributed by atoms with Crippen molar-refractivity contribution in [1.29, 1.82) is 0 Å². The van der Waals surface area contributed by atoms with Gasteiger partial charge >= 0.3 is 0 Å². The van der Waals surface area contributed by atoms with Crippen LogP contribution in [0.4, 0.5) is 11.4 Å². The number of ether oxygens (including phenoxy) is 3. The van der Waals surface area contributed by atoms with Crippen molar-refractivity contribution in [3.8, 4) is 17.4 Å². The quantitative estimate of drug-likeness (QED) is 0.330. The smallest absolute Gasteiger partial charge is 0.212 e. The first-order valence-electron chi connectivity index (χ1n) is 9.11. The minimum Gasteiger partial charge on any atom is -0.493 e. The number of aromatic nitrogens is 1. The number of nitrogens with two attached hydrogens (primary N) is 1. The van der Waals surface area contributed by atoms with Gasteiger partial charge in [0, 0.05) is 27.4 Å². The first kappa shape index (κ1) is 21.0. The Labute approximate surface area is 184 Å². The molecule has 0 aliphatic rings. The maximum absolute atomic E-state index is 6.12. The number of pyridine rings is 1. The van der Waals surface area contributed by atoms with E-state index in [2.05, 4.69) is 39.8 Å². The number of nitrogens with zero attached hydrogens (tertiary/aromatic N) is 1. The number of rotatable bonds is 8. The zero-order valence-electron chi connectivity index (χ0n) is 16.6. The number of halogens is 1. The molecule has 0 saturated carbocycles. The van der Waals surface area contributed by atoms with Crippen molar-refractivity contribution in [2.75, 3.05) is 25.3 Å². The monoisotopic (exact) mass is 505 g/mol. The normalized spacial score (nSPS) is 11.6. The number of anilines is 2. The summed E-state index contributed by atoms with van der Waals surface area (Å²) in [5.41, 5.74) is 9.76. The van der Waals surface area contributed by atoms with Crippen molar-refractivity contribution in [1.82, 2.24) is 4.98 Å². The largest absolute Gasteiger partial charge is 0.493 e. The number of methoxy groups -OCH3 is 2. The number of hydrogen-bond donors (Lipinski definition) is 2. The molecule has 0 bridgehead atoms. The minimum atomic E-state index is 0.0473. The molecule has 0 aliphatic heterocycles. The van der Waals surface area contributed by atoms with Gasteiger partial charge in [-0.1, -0.05) is 6.07 Å². The molecule has 0 spiro atoms. The van der Waals surface area contributed by atoms with Crippen LogP contribution in [-0.4, -0.2) is 19.2 Å². The predicted octanol–water partition coefficient (Wildman–Crippen LogP) is 5.04. The second kappa shape index (κ2) is 9.69. The molecule has 3 aromatic rings. The van der Waals surface area contributed by atoms with Crippen molar-refractivity contribution in [3.05, 3.63) is 69.4 Å². The number of nitrogen functional groups attached to an aromatic ring is 1. The van der Waals surface area contributed by atoms with E-state index in [1.165, 1.54) is 0 Å². The van der Waals surface area contributed by atoms with Gasteiger partial charge in [0.15, 0.2) is 11.5 Å². The molecule has 3 rings (SSSR count). The van der Waals surface area contributed by atoms with Crippen LogP contribution in [0.25, 0.3) is 0 Å². The minimum absolute atomic E-state index is 0.0473. The summed E-state index contributed by atoms with van der Waals surface area (Å²) in [7, 11) is 3.23. The van der Waals surface area contributed by atoms with Crippen LogP contribution in [0, 0.1) is 3.57 Å². The summed E-state index contributed by atoms with van der Waals surface area (Å²) in [6.07, 6.45) is 1.73. The van der Waals surface area contributed by atoms with E-state index in [1.807, 2.05) is 48.5 Å². The topological polar surface area (TPSA) is 78.6 Å². The highest BCUT2D eigenvalue weighted by Gasteiger charge is 2.12. The van der Waals surface area contributed by atoms with Gasteiger partial charge in [-0.2, -0.15) is 0 Å². The second-order valence-corrected chi connectivity index (χ2v) is 7.75. The van der Waals surface area contributed by atoms with Gasteiger partial charge in [-0.15, -0.1) is 0 Å². The Morgan fingerprint density at radius 1 is 1.03 bits per heavy atom. The highest BCUT2D eigenvalue weighted by atomic mass is 127. The van der Waals surface area contributed by atoms with Crippen LogP contribution in [0.3, 0.4) is 0 Å². The molecule has 0 radical (unpaired) electrons. The van der Waals surface area contributed by atoms with Crippen LogP contribution in [0.2, 0.25) is 0 Å². The van der Waals surface area contributed by atoms with E-state index >= 15 is 0 Å². The summed E-state index contributed by atoms with van der Waals surface area (Å²) in [5.74, 6) is 1.92. The fourth-order valence-corrected chi connectivity index (χ4v) is 3.35. The predicted molar refractivity (Wildman–Crippen MR) is 124 cm³/mol. The molecule has 3 N–H and O–H groups in total. The molecule has 1 heterocycles. The zero-order chi connectivity index (χ0) is 20.8. The standard InChI is InChI=1S/C22H24IN3O3/c1-14(26-19-7-6-17(23)11-18(19)24)16-5-8-20(21(10-16)27-2)29-13-15-4-9-22(28-3)25-12-15/h4-12,14,26H,13,24H2,1-3H3. The third-order valence-corrected chi connectivity index (χ3v) is 5.15. The molecule has 2 aromatic carbocycles. The summed E-state index contributed by atoms with van der Waals surface area (Å²) in [6, 6.07) is 15.6. The van der Waals surface area contributed by atoms with Gasteiger partial charge in [0.05, 0.1) is 25.6 Å². The maximum Gasteiger partial charge on any atom is 0.212 e. The van der Waals surface area contributed by atoms with Crippen LogP contribution in [0.15, 0.2) is 54.7 Å². The Balaban J connectivity index is 1.70. The molecule has 0 aliphatic carbocycles. The van der Waals surface area contributed by atoms with E-state index in [4.69, 9.17) is 19.9 Å². The highest BCUT2D eigenvalue weighted by molar-refractivity contribution is 14.1. The molecule has 1 aromatic heterocycles. The average molecular weight is 505 g/mol. The molecule has 152 valence electrons. The van der Waals surface area contributed by atoms with E-state index in [0.29, 0.717) is 24.0 Å². The lowest BCUT2D eigenvalue weighted by atomic mass is 10.1. The van der Waals surface area contributed by atoms with Crippen molar-refractivity contribution >= 4 is 34.0 Å². The highest BCUT2D eigenvalue weighted by Crippen LogP contribution is 2.33. The molecular weight excluding hydrogens is 481 g/mol. The average Bonchev–Trinajstić information content (AvgIpc) is 2.74. The fraction of sp³-hybridized carbons (Fsp3) is 0.227. The van der Waals surface area contributed by atoms with Crippen LogP contribution in [-0.2, 0) is 6.61 Å². The lowest BCUT2D eigenvalue weighted by Crippen LogP contribution is -2.09. The third kappa shape index (κ3) is 5.44. The molecule has 0 fully saturated rings. The summed E-state index contributed by atoms with van der Waals surface area (Å²) < 4.78 is 17.6. The maximum atomic E-state index is 6.12. The van der Waals surface area contributed by atoms with Crippen LogP contribution in [0.5, 0.6) is 17.4 Å². The number of nitrogens with one attached hydrogen (secondary N) is 1. The molecule has 1 atom stereocenters. The Morgan fingerprint density at radius 3 is 2.52 bits per heavy atom. The van der Waals surface area contributed by atoms with Gasteiger partial charge in [-0.3, -0.25) is 0 Å². The number of benzene rings is 2. The number of hydrogen-bond acceptors (Lipinski definition) is 6. The van der Waals surface area contributed by atoms with Crippen molar-refractivity contribution in [2.45, 2.75) is 19.6 Å². The van der Waals surface area contributed by atoms with Crippen molar-refractivity contribution in [3.63, 3.8) is 0 Å². The molecular formula is C22H24IN3O3. The van der Waals surface area contributed by atoms with E-state index in [9.17, 15) is 0 Å². The Morgan fingerprint density at radius 2 is 1.86 bits per heavy atom. The van der Waals surface area contributed by atoms with Gasteiger partial charge in [0.25, 0.3) is 0 Å². The lowest BCUT2D eigenvalue weighted by Gasteiger charge is -2.19. The van der Waals surface area contributed by atoms with Crippen molar-refractivity contribution < 1.29 is 14.2 Å². The Kier molecular flexibility index (Phi) is 7.03. The van der Waals surface area contributed by atoms with E-state index in [1.54, 1.807) is 20.4 Å². The van der Waals surface area contributed by atoms with Gasteiger partial charge < -0.3 is 25.3 Å². The molecule has 0 saturated heterocycles. The Hall–Kier alpha value is -2.68. The SMILES string of the molecule is COc1ccc(COc2ccc(C(C)Nc3ccc(I)cc3N)cc2OC)cn1. The van der Waals surface area contributed by atoms with E-state index in [0.717, 1.165) is 26.1 Å². The van der Waals surface area contributed by atoms with Crippen LogP contribution < -0.4 is 25.3 Å². The lowest BCUT2D eigenvalue weighted by molar-refractivity contribution is 0.283. The summed E-state index contributed by atoms with van der Waals surface area (Å²) in [6.45, 7) is 2.47. The van der Waals surface area contributed by atoms with Crippen molar-refractivity contribution in [2.24, 2.45) is 0 Å². The van der Waals surface area contributed by atoms with E-state index < -0.39 is 0 Å². The molecule has 29 heavy (non-hydrogen) atoms. The summed E-state index contributed by atoms with van der Waals surface area (Å²) in [5, 5.41) is 3.45. The second-order valence-electron chi connectivity index (χ2n) is 6.51. The van der Waals surface area contributed by atoms with Gasteiger partial charge in [-0.25, -0.2) is 4.98 Å².